The second-order valence-electron chi connectivity index (χ2n) is 7.44. The van der Waals surface area contributed by atoms with E-state index in [1.807, 2.05) is 30.3 Å². The van der Waals surface area contributed by atoms with E-state index in [0.717, 1.165) is 22.9 Å². The van der Waals surface area contributed by atoms with Crippen molar-refractivity contribution in [2.24, 2.45) is 0 Å². The molecule has 1 aliphatic heterocycles. The highest BCUT2D eigenvalue weighted by Crippen LogP contribution is 2.34. The summed E-state index contributed by atoms with van der Waals surface area (Å²) in [4.78, 5) is 11.3. The molecule has 0 amide bonds. The van der Waals surface area contributed by atoms with Crippen LogP contribution in [0.1, 0.15) is 29.8 Å². The highest BCUT2D eigenvalue weighted by atomic mass is 19.4. The van der Waals surface area contributed by atoms with Crippen LogP contribution in [0, 0.1) is 0 Å². The number of hydrogen-bond acceptors (Lipinski definition) is 4. The molecule has 0 saturated carbocycles. The number of carboxylic acid groups (broad SMARTS) is 1. The van der Waals surface area contributed by atoms with Gasteiger partial charge in [-0.3, -0.25) is 4.79 Å². The Morgan fingerprint density at radius 2 is 1.81 bits per heavy atom. The Morgan fingerprint density at radius 3 is 2.50 bits per heavy atom. The van der Waals surface area contributed by atoms with Crippen molar-refractivity contribution in [2.45, 2.75) is 25.7 Å². The molecule has 3 aromatic carbocycles. The molecule has 2 N–H and O–H groups in total. The molecule has 8 heteroatoms. The Morgan fingerprint density at radius 1 is 1.09 bits per heavy atom. The van der Waals surface area contributed by atoms with Crippen molar-refractivity contribution in [1.29, 1.82) is 0 Å². The topological polar surface area (TPSA) is 67.8 Å². The third-order valence-electron chi connectivity index (χ3n) is 5.22. The molecule has 0 aromatic heterocycles. The number of alkyl halides is 3. The van der Waals surface area contributed by atoms with Crippen LogP contribution in [0.2, 0.25) is 0 Å². The third kappa shape index (κ3) is 4.49. The van der Waals surface area contributed by atoms with Crippen molar-refractivity contribution in [2.75, 3.05) is 6.61 Å². The van der Waals surface area contributed by atoms with E-state index in [1.165, 1.54) is 12.1 Å². The summed E-state index contributed by atoms with van der Waals surface area (Å²) in [6.45, 7) is 1.82. The predicted molar refractivity (Wildman–Crippen MR) is 112 cm³/mol. The van der Waals surface area contributed by atoms with Crippen LogP contribution in [-0.2, 0) is 22.1 Å². The van der Waals surface area contributed by atoms with E-state index in [-0.39, 0.29) is 13.0 Å². The molecule has 1 atom stereocenters. The van der Waals surface area contributed by atoms with Gasteiger partial charge in [-0.2, -0.15) is 13.2 Å². The van der Waals surface area contributed by atoms with E-state index >= 15 is 0 Å². The van der Waals surface area contributed by atoms with Crippen LogP contribution < -0.4 is 10.1 Å². The van der Waals surface area contributed by atoms with E-state index in [0.29, 0.717) is 28.3 Å². The van der Waals surface area contributed by atoms with Crippen LogP contribution in [0.15, 0.2) is 72.1 Å². The minimum Gasteiger partial charge on any atom is -0.485 e. The third-order valence-corrected chi connectivity index (χ3v) is 5.22. The first-order valence-electron chi connectivity index (χ1n) is 9.87. The summed E-state index contributed by atoms with van der Waals surface area (Å²) >= 11 is 0. The average Bonchev–Trinajstić information content (AvgIpc) is 3.12. The van der Waals surface area contributed by atoms with Crippen LogP contribution in [0.3, 0.4) is 0 Å². The largest absolute Gasteiger partial charge is 0.485 e. The molecule has 32 heavy (non-hydrogen) atoms. The van der Waals surface area contributed by atoms with Gasteiger partial charge in [0.25, 0.3) is 0 Å². The monoisotopic (exact) mass is 443 g/mol. The van der Waals surface area contributed by atoms with E-state index in [4.69, 9.17) is 9.47 Å². The maximum Gasteiger partial charge on any atom is 0.416 e. The number of carbonyl (C=O) groups is 1. The Labute approximate surface area is 182 Å². The van der Waals surface area contributed by atoms with Crippen molar-refractivity contribution in [3.8, 4) is 5.75 Å². The van der Waals surface area contributed by atoms with Gasteiger partial charge in [0.1, 0.15) is 12.4 Å². The number of hydrogen-bond donors (Lipinski definition) is 2. The van der Waals surface area contributed by atoms with E-state index in [1.54, 1.807) is 13.0 Å². The normalized spacial score (nSPS) is 16.1. The maximum atomic E-state index is 12.8. The lowest BCUT2D eigenvalue weighted by Gasteiger charge is -2.16. The second-order valence-corrected chi connectivity index (χ2v) is 7.44. The summed E-state index contributed by atoms with van der Waals surface area (Å²) in [5, 5.41) is 14.0. The molecule has 0 aliphatic carbocycles. The number of rotatable bonds is 6. The first kappa shape index (κ1) is 21.5. The minimum atomic E-state index is -4.40. The molecular weight excluding hydrogens is 423 g/mol. The summed E-state index contributed by atoms with van der Waals surface area (Å²) in [7, 11) is 0. The number of fused-ring (bicyclic) bond motifs is 1. The van der Waals surface area contributed by atoms with E-state index in [2.05, 4.69) is 5.32 Å². The molecule has 4 rings (SSSR count). The lowest BCUT2D eigenvalue weighted by molar-refractivity contribution is -0.138. The molecule has 1 unspecified atom stereocenters. The Balaban J connectivity index is 1.51. The quantitative estimate of drug-likeness (QED) is 0.533. The molecule has 1 aliphatic rings. The summed E-state index contributed by atoms with van der Waals surface area (Å²) in [5.74, 6) is -0.0156. The Hall–Kier alpha value is -3.68. The molecule has 166 valence electrons. The first-order chi connectivity index (χ1) is 15.2. The van der Waals surface area contributed by atoms with Crippen molar-refractivity contribution in [3.05, 3.63) is 88.8 Å². The van der Waals surface area contributed by atoms with Crippen molar-refractivity contribution in [3.63, 3.8) is 0 Å². The van der Waals surface area contributed by atoms with E-state index < -0.39 is 23.9 Å². The zero-order valence-corrected chi connectivity index (χ0v) is 17.1. The fraction of sp³-hybridized carbons (Fsp3) is 0.208. The standard InChI is InChI=1S/C24H20F3NO4/c1-14-20(32-23(28-14)16-8-10-18(11-9-16)24(25,26)27)13-31-22-17(12-21(29)30)7-6-15-4-2-3-5-19(15)22/h2-11,23,28H,12-13H2,1H3,(H,29,30). The molecule has 3 aromatic rings. The summed E-state index contributed by atoms with van der Waals surface area (Å²) in [6.07, 6.45) is -5.23. The van der Waals surface area contributed by atoms with Gasteiger partial charge in [-0.05, 0) is 24.4 Å². The summed E-state index contributed by atoms with van der Waals surface area (Å²) in [6, 6.07) is 15.8. The maximum absolute atomic E-state index is 12.8. The predicted octanol–water partition coefficient (Wildman–Crippen LogP) is 5.41. The van der Waals surface area contributed by atoms with Crippen molar-refractivity contribution in [1.82, 2.24) is 5.32 Å². The smallest absolute Gasteiger partial charge is 0.416 e. The molecule has 0 saturated heterocycles. The van der Waals surface area contributed by atoms with Gasteiger partial charge in [-0.15, -0.1) is 0 Å². The average molecular weight is 443 g/mol. The number of nitrogens with one attached hydrogen (secondary N) is 1. The second kappa shape index (κ2) is 8.45. The zero-order valence-electron chi connectivity index (χ0n) is 17.1. The Kier molecular flexibility index (Phi) is 5.69. The summed E-state index contributed by atoms with van der Waals surface area (Å²) in [5.41, 5.74) is 1.05. The number of benzene rings is 3. The molecule has 1 heterocycles. The van der Waals surface area contributed by atoms with Crippen LogP contribution in [0.25, 0.3) is 10.8 Å². The Bertz CT molecular complexity index is 1190. The molecular formula is C24H20F3NO4. The van der Waals surface area contributed by atoms with Crippen LogP contribution in [0.5, 0.6) is 5.75 Å². The molecule has 5 nitrogen and oxygen atoms in total. The highest BCUT2D eigenvalue weighted by molar-refractivity contribution is 5.90. The van der Waals surface area contributed by atoms with Gasteiger partial charge in [0.05, 0.1) is 17.7 Å². The van der Waals surface area contributed by atoms with Crippen molar-refractivity contribution < 1.29 is 32.5 Å². The first-order valence-corrected chi connectivity index (χ1v) is 9.87. The zero-order chi connectivity index (χ0) is 22.9. The van der Waals surface area contributed by atoms with Gasteiger partial charge < -0.3 is 19.9 Å². The van der Waals surface area contributed by atoms with Gasteiger partial charge in [-0.1, -0.05) is 48.5 Å². The van der Waals surface area contributed by atoms with Crippen LogP contribution in [-0.4, -0.2) is 17.7 Å². The number of aliphatic carboxylic acids is 1. The van der Waals surface area contributed by atoms with Gasteiger partial charge in [0.15, 0.2) is 12.0 Å². The van der Waals surface area contributed by atoms with Gasteiger partial charge in [0.2, 0.25) is 0 Å². The lowest BCUT2D eigenvalue weighted by atomic mass is 10.0. The molecule has 0 bridgehead atoms. The molecule has 0 radical (unpaired) electrons. The van der Waals surface area contributed by atoms with Gasteiger partial charge >= 0.3 is 12.1 Å². The number of carboxylic acids is 1. The van der Waals surface area contributed by atoms with Gasteiger partial charge in [0, 0.05) is 16.5 Å². The molecule has 0 spiro atoms. The highest BCUT2D eigenvalue weighted by Gasteiger charge is 2.31. The fourth-order valence-electron chi connectivity index (χ4n) is 3.58. The van der Waals surface area contributed by atoms with Gasteiger partial charge in [-0.25, -0.2) is 0 Å². The summed E-state index contributed by atoms with van der Waals surface area (Å²) < 4.78 is 50.3. The number of ether oxygens (including phenoxy) is 2. The van der Waals surface area contributed by atoms with Crippen molar-refractivity contribution >= 4 is 16.7 Å². The van der Waals surface area contributed by atoms with Crippen LogP contribution in [0.4, 0.5) is 13.2 Å². The number of halogens is 3. The number of allylic oxidation sites excluding steroid dienone is 1. The fourth-order valence-corrected chi connectivity index (χ4v) is 3.58. The lowest BCUT2D eigenvalue weighted by Crippen LogP contribution is -2.14. The van der Waals surface area contributed by atoms with E-state index in [9.17, 15) is 23.1 Å². The minimum absolute atomic E-state index is 0.0383. The van der Waals surface area contributed by atoms with Crippen LogP contribution >= 0.6 is 0 Å². The molecule has 0 fully saturated rings. The SMILES string of the molecule is CC1=C(COc2c(CC(=O)O)ccc3ccccc23)OC(c2ccc(C(F)(F)F)cc2)N1.